The molecule has 3 nitrogen and oxygen atoms in total. The Hall–Kier alpha value is -0.784. The summed E-state index contributed by atoms with van der Waals surface area (Å²) in [7, 11) is 0. The van der Waals surface area contributed by atoms with Crippen LogP contribution in [0.15, 0.2) is 42.6 Å². The Balaban J connectivity index is 0. The number of benzene rings is 1. The van der Waals surface area contributed by atoms with Crippen molar-refractivity contribution in [2.75, 3.05) is 18.4 Å². The van der Waals surface area contributed by atoms with Crippen LogP contribution < -0.4 is 35.4 Å². The Morgan fingerprint density at radius 3 is 2.18 bits per heavy atom. The molecule has 22 heavy (non-hydrogen) atoms. The predicted octanol–water partition coefficient (Wildman–Crippen LogP) is -3.09. The molecule has 0 aliphatic heterocycles. The summed E-state index contributed by atoms with van der Waals surface area (Å²) in [6.07, 6.45) is 1.83. The van der Waals surface area contributed by atoms with Gasteiger partial charge >= 0.3 is 16.8 Å². The normalized spacial score (nSPS) is 9.00. The molecular formula is C16H21Cl2CoN3. The fraction of sp³-hybridized carbons (Fsp3) is 0.312. The molecule has 1 aromatic carbocycles. The van der Waals surface area contributed by atoms with Crippen molar-refractivity contribution in [3.63, 3.8) is 0 Å². The van der Waals surface area contributed by atoms with Gasteiger partial charge in [-0.2, -0.15) is 0 Å². The third-order valence-electron chi connectivity index (χ3n) is 3.12. The maximum atomic E-state index is 4.28. The molecule has 0 bridgehead atoms. The number of aromatic nitrogens is 1. The SMILES string of the molecule is Cc1cccc(C)c1NCCNCc1ccccn1.[Cl-].[Cl-].[Co+2]. The number of pyridine rings is 1. The molecule has 2 rings (SSSR count). The minimum Gasteiger partial charge on any atom is -1.00 e. The second-order valence-corrected chi connectivity index (χ2v) is 4.69. The summed E-state index contributed by atoms with van der Waals surface area (Å²) >= 11 is 0. The van der Waals surface area contributed by atoms with Gasteiger partial charge in [-0.3, -0.25) is 4.98 Å². The second kappa shape index (κ2) is 12.7. The van der Waals surface area contributed by atoms with Crippen molar-refractivity contribution in [1.82, 2.24) is 10.3 Å². The number of halogens is 2. The Morgan fingerprint density at radius 1 is 0.909 bits per heavy atom. The first kappa shape index (κ1) is 23.5. The maximum Gasteiger partial charge on any atom is 2.00 e. The third kappa shape index (κ3) is 7.47. The van der Waals surface area contributed by atoms with Crippen molar-refractivity contribution in [2.24, 2.45) is 0 Å². The second-order valence-electron chi connectivity index (χ2n) is 4.69. The first-order valence-electron chi connectivity index (χ1n) is 6.68. The predicted molar refractivity (Wildman–Crippen MR) is 80.3 cm³/mol. The molecule has 2 N–H and O–H groups in total. The first-order valence-corrected chi connectivity index (χ1v) is 6.68. The van der Waals surface area contributed by atoms with E-state index in [4.69, 9.17) is 0 Å². The van der Waals surface area contributed by atoms with E-state index in [1.54, 1.807) is 0 Å². The summed E-state index contributed by atoms with van der Waals surface area (Å²) in [6, 6.07) is 12.3. The number of para-hydroxylation sites is 1. The van der Waals surface area contributed by atoms with Gasteiger partial charge in [0.1, 0.15) is 0 Å². The van der Waals surface area contributed by atoms with Gasteiger partial charge < -0.3 is 35.4 Å². The number of nitrogens with one attached hydrogen (secondary N) is 2. The van der Waals surface area contributed by atoms with E-state index >= 15 is 0 Å². The molecule has 0 saturated heterocycles. The van der Waals surface area contributed by atoms with E-state index in [0.717, 1.165) is 25.3 Å². The van der Waals surface area contributed by atoms with Gasteiger partial charge in [-0.1, -0.05) is 24.3 Å². The summed E-state index contributed by atoms with van der Waals surface area (Å²) in [4.78, 5) is 4.28. The number of hydrogen-bond acceptors (Lipinski definition) is 3. The van der Waals surface area contributed by atoms with Gasteiger partial charge in [0, 0.05) is 31.5 Å². The molecule has 0 atom stereocenters. The molecule has 0 fully saturated rings. The van der Waals surface area contributed by atoms with Gasteiger partial charge in [0.25, 0.3) is 0 Å². The van der Waals surface area contributed by atoms with Crippen LogP contribution in [-0.4, -0.2) is 18.1 Å². The van der Waals surface area contributed by atoms with Crippen molar-refractivity contribution in [1.29, 1.82) is 0 Å². The van der Waals surface area contributed by atoms with Crippen LogP contribution >= 0.6 is 0 Å². The van der Waals surface area contributed by atoms with Crippen LogP contribution in [0.2, 0.25) is 0 Å². The fourth-order valence-corrected chi connectivity index (χ4v) is 2.09. The van der Waals surface area contributed by atoms with Crippen molar-refractivity contribution < 1.29 is 41.6 Å². The summed E-state index contributed by atoms with van der Waals surface area (Å²) in [5.41, 5.74) is 4.92. The molecular weight excluding hydrogens is 364 g/mol. The molecule has 2 aromatic rings. The quantitative estimate of drug-likeness (QED) is 0.518. The Kier molecular flexibility index (Phi) is 13.6. The topological polar surface area (TPSA) is 37.0 Å². The molecule has 0 aliphatic rings. The number of nitrogens with zero attached hydrogens (tertiary/aromatic N) is 1. The van der Waals surface area contributed by atoms with Crippen LogP contribution in [-0.2, 0) is 23.3 Å². The maximum absolute atomic E-state index is 4.28. The standard InChI is InChI=1S/C16H21N3.2ClH.Co/c1-13-6-5-7-14(2)16(13)19-11-10-17-12-15-8-3-4-9-18-15;;;/h3-9,17,19H,10-12H2,1-2H3;2*1H;/q;;;+2/p-2. The van der Waals surface area contributed by atoms with Gasteiger partial charge in [-0.05, 0) is 37.1 Å². The van der Waals surface area contributed by atoms with Crippen LogP contribution in [0.1, 0.15) is 16.8 Å². The van der Waals surface area contributed by atoms with Crippen LogP contribution in [0.3, 0.4) is 0 Å². The molecule has 1 heterocycles. The Labute approximate surface area is 155 Å². The first-order chi connectivity index (χ1) is 9.27. The molecule has 0 saturated carbocycles. The number of anilines is 1. The van der Waals surface area contributed by atoms with Gasteiger partial charge in [-0.25, -0.2) is 0 Å². The average Bonchev–Trinajstić information content (AvgIpc) is 2.42. The minimum atomic E-state index is 0. The molecule has 0 aliphatic carbocycles. The van der Waals surface area contributed by atoms with E-state index in [0.29, 0.717) is 0 Å². The summed E-state index contributed by atoms with van der Waals surface area (Å²) in [5.74, 6) is 0. The van der Waals surface area contributed by atoms with Crippen molar-refractivity contribution in [3.8, 4) is 0 Å². The smallest absolute Gasteiger partial charge is 1.00 e. The number of rotatable bonds is 6. The van der Waals surface area contributed by atoms with E-state index in [9.17, 15) is 0 Å². The molecule has 0 spiro atoms. The zero-order valence-electron chi connectivity index (χ0n) is 12.7. The molecule has 123 valence electrons. The van der Waals surface area contributed by atoms with Gasteiger partial charge in [0.15, 0.2) is 0 Å². The van der Waals surface area contributed by atoms with E-state index < -0.39 is 0 Å². The molecule has 0 amide bonds. The van der Waals surface area contributed by atoms with Gasteiger partial charge in [-0.15, -0.1) is 0 Å². The fourth-order valence-electron chi connectivity index (χ4n) is 2.09. The van der Waals surface area contributed by atoms with Crippen molar-refractivity contribution in [3.05, 3.63) is 59.4 Å². The molecule has 1 aromatic heterocycles. The number of aryl methyl sites for hydroxylation is 2. The monoisotopic (exact) mass is 384 g/mol. The minimum absolute atomic E-state index is 0. The van der Waals surface area contributed by atoms with Crippen LogP contribution in [0.25, 0.3) is 0 Å². The van der Waals surface area contributed by atoms with Crippen molar-refractivity contribution in [2.45, 2.75) is 20.4 Å². The van der Waals surface area contributed by atoms with Crippen LogP contribution in [0.5, 0.6) is 0 Å². The largest absolute Gasteiger partial charge is 2.00 e. The van der Waals surface area contributed by atoms with E-state index in [-0.39, 0.29) is 41.6 Å². The van der Waals surface area contributed by atoms with E-state index in [2.05, 4.69) is 47.7 Å². The van der Waals surface area contributed by atoms with Crippen molar-refractivity contribution >= 4 is 5.69 Å². The van der Waals surface area contributed by atoms with E-state index in [1.807, 2.05) is 24.4 Å². The summed E-state index contributed by atoms with van der Waals surface area (Å²) < 4.78 is 0. The molecule has 6 heteroatoms. The van der Waals surface area contributed by atoms with Crippen LogP contribution in [0, 0.1) is 13.8 Å². The third-order valence-corrected chi connectivity index (χ3v) is 3.12. The van der Waals surface area contributed by atoms with Crippen LogP contribution in [0.4, 0.5) is 5.69 Å². The van der Waals surface area contributed by atoms with Gasteiger partial charge in [0.2, 0.25) is 0 Å². The summed E-state index contributed by atoms with van der Waals surface area (Å²) in [6.45, 7) is 6.92. The average molecular weight is 385 g/mol. The zero-order chi connectivity index (χ0) is 13.5. The Bertz CT molecular complexity index is 504. The van der Waals surface area contributed by atoms with E-state index in [1.165, 1.54) is 16.8 Å². The zero-order valence-corrected chi connectivity index (χ0v) is 15.3. The van der Waals surface area contributed by atoms with Gasteiger partial charge in [0.05, 0.1) is 5.69 Å². The summed E-state index contributed by atoms with van der Waals surface area (Å²) in [5, 5.41) is 6.87. The molecule has 0 unspecified atom stereocenters. The molecule has 1 radical (unpaired) electrons. The number of hydrogen-bond donors (Lipinski definition) is 2. The Morgan fingerprint density at radius 2 is 1.59 bits per heavy atom.